The zero-order valence-corrected chi connectivity index (χ0v) is 7.32. The average molecular weight is 166 g/mol. The molecule has 1 saturated heterocycles. The molecule has 0 aliphatic carbocycles. The molecule has 0 bridgehead atoms. The maximum Gasteiger partial charge on any atom is 0.0569 e. The van der Waals surface area contributed by atoms with Crippen LogP contribution in [0.15, 0.2) is 0 Å². The van der Waals surface area contributed by atoms with Crippen molar-refractivity contribution in [2.45, 2.75) is 44.9 Å². The molecule has 0 aromatic heterocycles. The van der Waals surface area contributed by atoms with Crippen LogP contribution in [-0.2, 0) is 0 Å². The average Bonchev–Trinajstić information content (AvgIpc) is 1.59. The van der Waals surface area contributed by atoms with E-state index in [0.29, 0.717) is 12.1 Å². The SMILES string of the molecule is C[C@@H]1CC(O)C[C@@H](C)N1.Cl. The fraction of sp³-hybridized carbons (Fsp3) is 1.00. The van der Waals surface area contributed by atoms with Crippen molar-refractivity contribution in [2.24, 2.45) is 0 Å². The summed E-state index contributed by atoms with van der Waals surface area (Å²) in [5, 5.41) is 12.6. The molecule has 2 atom stereocenters. The summed E-state index contributed by atoms with van der Waals surface area (Å²) in [6, 6.07) is 0.979. The van der Waals surface area contributed by atoms with Gasteiger partial charge in [0, 0.05) is 12.1 Å². The molecule has 0 spiro atoms. The molecule has 0 radical (unpaired) electrons. The van der Waals surface area contributed by atoms with Crippen LogP contribution < -0.4 is 5.32 Å². The molecule has 1 heterocycles. The summed E-state index contributed by atoms with van der Waals surface area (Å²) >= 11 is 0. The number of nitrogens with one attached hydrogen (secondary N) is 1. The summed E-state index contributed by atoms with van der Waals surface area (Å²) in [4.78, 5) is 0. The van der Waals surface area contributed by atoms with Crippen LogP contribution in [-0.4, -0.2) is 23.3 Å². The molecular weight excluding hydrogens is 150 g/mol. The van der Waals surface area contributed by atoms with Gasteiger partial charge in [0.15, 0.2) is 0 Å². The zero-order chi connectivity index (χ0) is 6.85. The van der Waals surface area contributed by atoms with Gasteiger partial charge in [0.1, 0.15) is 0 Å². The van der Waals surface area contributed by atoms with E-state index < -0.39 is 0 Å². The van der Waals surface area contributed by atoms with E-state index in [1.165, 1.54) is 0 Å². The van der Waals surface area contributed by atoms with Crippen LogP contribution in [0.1, 0.15) is 26.7 Å². The first-order valence-electron chi connectivity index (χ1n) is 3.62. The molecule has 62 valence electrons. The van der Waals surface area contributed by atoms with Gasteiger partial charge in [-0.25, -0.2) is 0 Å². The van der Waals surface area contributed by atoms with E-state index >= 15 is 0 Å². The monoisotopic (exact) mass is 165 g/mol. The van der Waals surface area contributed by atoms with Crippen molar-refractivity contribution < 1.29 is 5.11 Å². The molecule has 0 aromatic rings. The molecule has 0 unspecified atom stereocenters. The number of aliphatic hydroxyl groups excluding tert-OH is 1. The second-order valence-corrected chi connectivity index (χ2v) is 3.09. The van der Waals surface area contributed by atoms with Crippen molar-refractivity contribution in [2.75, 3.05) is 0 Å². The first-order chi connectivity index (χ1) is 4.18. The van der Waals surface area contributed by atoms with Crippen molar-refractivity contribution in [3.63, 3.8) is 0 Å². The highest BCUT2D eigenvalue weighted by Crippen LogP contribution is 2.11. The Morgan fingerprint density at radius 2 is 1.60 bits per heavy atom. The molecule has 2 nitrogen and oxygen atoms in total. The largest absolute Gasteiger partial charge is 0.393 e. The van der Waals surface area contributed by atoms with E-state index in [2.05, 4.69) is 19.2 Å². The standard InChI is InChI=1S/C7H15NO.ClH/c1-5-3-7(9)4-6(2)8-5;/h5-9H,3-4H2,1-2H3;1H/t5-,6-;/m1./s1. The molecular formula is C7H16ClNO. The van der Waals surface area contributed by atoms with Gasteiger partial charge in [0.2, 0.25) is 0 Å². The Morgan fingerprint density at radius 1 is 1.20 bits per heavy atom. The van der Waals surface area contributed by atoms with Crippen LogP contribution in [0.5, 0.6) is 0 Å². The minimum atomic E-state index is -0.0729. The fourth-order valence-corrected chi connectivity index (χ4v) is 1.53. The molecule has 1 fully saturated rings. The maximum atomic E-state index is 9.21. The Hall–Kier alpha value is 0.210. The lowest BCUT2D eigenvalue weighted by atomic mass is 9.98. The third-order valence-corrected chi connectivity index (χ3v) is 1.82. The van der Waals surface area contributed by atoms with Crippen molar-refractivity contribution in [1.82, 2.24) is 5.32 Å². The van der Waals surface area contributed by atoms with Crippen molar-refractivity contribution in [1.29, 1.82) is 0 Å². The topological polar surface area (TPSA) is 32.3 Å². The second kappa shape index (κ2) is 4.16. The predicted molar refractivity (Wildman–Crippen MR) is 44.5 cm³/mol. The van der Waals surface area contributed by atoms with Gasteiger partial charge in [-0.3, -0.25) is 0 Å². The predicted octanol–water partition coefficient (Wildman–Crippen LogP) is 0.929. The van der Waals surface area contributed by atoms with Crippen LogP contribution in [0.25, 0.3) is 0 Å². The van der Waals surface area contributed by atoms with Gasteiger partial charge >= 0.3 is 0 Å². The van der Waals surface area contributed by atoms with Crippen LogP contribution in [0.4, 0.5) is 0 Å². The number of hydrogen-bond acceptors (Lipinski definition) is 2. The smallest absolute Gasteiger partial charge is 0.0569 e. The van der Waals surface area contributed by atoms with Crippen LogP contribution >= 0.6 is 12.4 Å². The molecule has 10 heavy (non-hydrogen) atoms. The van der Waals surface area contributed by atoms with E-state index in [0.717, 1.165) is 12.8 Å². The van der Waals surface area contributed by atoms with Gasteiger partial charge in [0.25, 0.3) is 0 Å². The van der Waals surface area contributed by atoms with Crippen molar-refractivity contribution in [3.05, 3.63) is 0 Å². The van der Waals surface area contributed by atoms with E-state index in [1.807, 2.05) is 0 Å². The van der Waals surface area contributed by atoms with Gasteiger partial charge in [-0.2, -0.15) is 0 Å². The molecule has 1 aliphatic heterocycles. The number of hydrogen-bond donors (Lipinski definition) is 2. The minimum Gasteiger partial charge on any atom is -0.393 e. The Morgan fingerprint density at radius 3 is 1.90 bits per heavy atom. The molecule has 2 N–H and O–H groups in total. The molecule has 1 rings (SSSR count). The van der Waals surface area contributed by atoms with E-state index in [-0.39, 0.29) is 18.5 Å². The van der Waals surface area contributed by atoms with E-state index in [1.54, 1.807) is 0 Å². The van der Waals surface area contributed by atoms with Crippen molar-refractivity contribution >= 4 is 12.4 Å². The summed E-state index contributed by atoms with van der Waals surface area (Å²) in [5.74, 6) is 0. The third kappa shape index (κ3) is 2.86. The third-order valence-electron chi connectivity index (χ3n) is 1.82. The maximum absolute atomic E-state index is 9.21. The Kier molecular flexibility index (Phi) is 4.25. The minimum absolute atomic E-state index is 0. The van der Waals surface area contributed by atoms with Crippen LogP contribution in [0, 0.1) is 0 Å². The lowest BCUT2D eigenvalue weighted by Crippen LogP contribution is -2.44. The number of rotatable bonds is 0. The lowest BCUT2D eigenvalue weighted by molar-refractivity contribution is 0.102. The first kappa shape index (κ1) is 10.2. The highest BCUT2D eigenvalue weighted by molar-refractivity contribution is 5.85. The highest BCUT2D eigenvalue weighted by atomic mass is 35.5. The fourth-order valence-electron chi connectivity index (χ4n) is 1.53. The summed E-state index contributed by atoms with van der Waals surface area (Å²) in [7, 11) is 0. The molecule has 1 aliphatic rings. The summed E-state index contributed by atoms with van der Waals surface area (Å²) in [6.45, 7) is 4.22. The first-order valence-corrected chi connectivity index (χ1v) is 3.62. The van der Waals surface area contributed by atoms with Crippen molar-refractivity contribution in [3.8, 4) is 0 Å². The highest BCUT2D eigenvalue weighted by Gasteiger charge is 2.20. The van der Waals surface area contributed by atoms with Gasteiger partial charge in [-0.15, -0.1) is 12.4 Å². The molecule has 0 saturated carbocycles. The van der Waals surface area contributed by atoms with E-state index in [9.17, 15) is 5.11 Å². The Balaban J connectivity index is 0.000000810. The van der Waals surface area contributed by atoms with E-state index in [4.69, 9.17) is 0 Å². The quantitative estimate of drug-likeness (QED) is 0.560. The Labute approximate surface area is 68.4 Å². The second-order valence-electron chi connectivity index (χ2n) is 3.09. The Bertz CT molecular complexity index is 74.6. The summed E-state index contributed by atoms with van der Waals surface area (Å²) in [6.07, 6.45) is 1.74. The van der Waals surface area contributed by atoms with Gasteiger partial charge in [0.05, 0.1) is 6.10 Å². The van der Waals surface area contributed by atoms with Gasteiger partial charge in [-0.05, 0) is 26.7 Å². The molecule has 3 heteroatoms. The summed E-state index contributed by atoms with van der Waals surface area (Å²) in [5.41, 5.74) is 0. The van der Waals surface area contributed by atoms with Crippen LogP contribution in [0.2, 0.25) is 0 Å². The molecule has 0 aromatic carbocycles. The number of piperidine rings is 1. The number of halogens is 1. The molecule has 0 amide bonds. The van der Waals surface area contributed by atoms with Crippen LogP contribution in [0.3, 0.4) is 0 Å². The zero-order valence-electron chi connectivity index (χ0n) is 6.50. The lowest BCUT2D eigenvalue weighted by Gasteiger charge is -2.29. The number of aliphatic hydroxyl groups is 1. The summed E-state index contributed by atoms with van der Waals surface area (Å²) < 4.78 is 0. The normalized spacial score (nSPS) is 40.5. The van der Waals surface area contributed by atoms with Gasteiger partial charge < -0.3 is 10.4 Å². The van der Waals surface area contributed by atoms with Gasteiger partial charge in [-0.1, -0.05) is 0 Å².